The number of ether oxygens (including phenoxy) is 8. The second-order valence-corrected chi connectivity index (χ2v) is 13.4. The number of carbonyl (C=O) groups is 2. The lowest BCUT2D eigenvalue weighted by Gasteiger charge is -2.35. The van der Waals surface area contributed by atoms with Crippen LogP contribution in [0.25, 0.3) is 43.1 Å². The first-order chi connectivity index (χ1) is 24.0. The first kappa shape index (κ1) is 34.4. The summed E-state index contributed by atoms with van der Waals surface area (Å²) in [7, 11) is 12.3. The van der Waals surface area contributed by atoms with Crippen LogP contribution < -0.4 is 18.9 Å². The topological polar surface area (TPSA) is 108 Å². The number of allylic oxidation sites excluding steroid dienone is 2. The quantitative estimate of drug-likeness (QED) is 0.113. The van der Waals surface area contributed by atoms with Gasteiger partial charge in [0.2, 0.25) is 23.1 Å². The monoisotopic (exact) mass is 806 g/mol. The highest BCUT2D eigenvalue weighted by Crippen LogP contribution is 2.55. The highest BCUT2D eigenvalue weighted by molar-refractivity contribution is 9.12. The van der Waals surface area contributed by atoms with Crippen LogP contribution >= 0.6 is 31.9 Å². The van der Waals surface area contributed by atoms with Gasteiger partial charge >= 0.3 is 0 Å². The van der Waals surface area contributed by atoms with E-state index in [2.05, 4.69) is 31.9 Å². The Morgan fingerprint density at radius 3 is 1.12 bits per heavy atom. The Balaban J connectivity index is 1.90. The van der Waals surface area contributed by atoms with Gasteiger partial charge in [0.1, 0.15) is 11.5 Å². The Bertz CT molecular complexity index is 2220. The van der Waals surface area contributed by atoms with Crippen LogP contribution in [0.5, 0.6) is 23.0 Å². The van der Waals surface area contributed by atoms with E-state index in [1.807, 2.05) is 24.3 Å². The van der Waals surface area contributed by atoms with E-state index in [1.54, 1.807) is 52.7 Å². The zero-order valence-corrected chi connectivity index (χ0v) is 31.6. The van der Waals surface area contributed by atoms with E-state index < -0.39 is 11.6 Å². The van der Waals surface area contributed by atoms with Crippen molar-refractivity contribution in [3.63, 3.8) is 0 Å². The molecule has 0 aromatic heterocycles. The van der Waals surface area contributed by atoms with Crippen LogP contribution in [0.3, 0.4) is 0 Å². The van der Waals surface area contributed by atoms with Crippen molar-refractivity contribution in [3.05, 3.63) is 79.8 Å². The van der Waals surface area contributed by atoms with E-state index in [0.717, 1.165) is 0 Å². The average Bonchev–Trinajstić information content (AvgIpc) is 3.15. The van der Waals surface area contributed by atoms with Crippen molar-refractivity contribution in [2.45, 2.75) is 11.6 Å². The number of carbonyl (C=O) groups excluding carboxylic acids is 2. The molecule has 2 aliphatic rings. The standard InChI is InChI=1S/C38H32Br2O10/c1-43-25-13-21-31(33(41)23(39)15-37(21,47-5)48-6)27-17(25)9-11-19-29(27)30-20(36(46-4)35(19)45-3)12-10-18-26(44-2)14-22-32(28(18)30)34(42)24(40)16-38(22,49-7)50-8/h9-16H,1-8H3. The number of hydrogen-bond donors (Lipinski definition) is 0. The number of hydrogen-bond acceptors (Lipinski definition) is 10. The average molecular weight is 808 g/mol. The molecular formula is C38H32Br2O10. The molecule has 0 radical (unpaired) electrons. The van der Waals surface area contributed by atoms with Gasteiger partial charge in [0.05, 0.1) is 37.4 Å². The summed E-state index contributed by atoms with van der Waals surface area (Å²) in [4.78, 5) is 28.8. The molecular weight excluding hydrogens is 776 g/mol. The number of rotatable bonds is 8. The molecule has 0 fully saturated rings. The molecule has 2 aliphatic carbocycles. The van der Waals surface area contributed by atoms with Gasteiger partial charge < -0.3 is 37.9 Å². The van der Waals surface area contributed by atoms with E-state index in [-0.39, 0.29) is 20.5 Å². The summed E-state index contributed by atoms with van der Waals surface area (Å²) >= 11 is 6.99. The largest absolute Gasteiger partial charge is 0.496 e. The van der Waals surface area contributed by atoms with Crippen LogP contribution in [0.2, 0.25) is 0 Å². The summed E-state index contributed by atoms with van der Waals surface area (Å²) in [6.45, 7) is 0. The van der Waals surface area contributed by atoms with Gasteiger partial charge in [-0.25, -0.2) is 0 Å². The smallest absolute Gasteiger partial charge is 0.217 e. The molecule has 0 unspecified atom stereocenters. The maximum absolute atomic E-state index is 14.4. The van der Waals surface area contributed by atoms with Crippen LogP contribution in [-0.4, -0.2) is 68.4 Å². The first-order valence-corrected chi connectivity index (χ1v) is 16.9. The van der Waals surface area contributed by atoms with Crippen molar-refractivity contribution in [2.75, 3.05) is 56.9 Å². The Morgan fingerprint density at radius 2 is 0.820 bits per heavy atom. The zero-order chi connectivity index (χ0) is 35.9. The van der Waals surface area contributed by atoms with Gasteiger partial charge in [-0.1, -0.05) is 0 Å². The van der Waals surface area contributed by atoms with Crippen molar-refractivity contribution in [2.24, 2.45) is 0 Å². The molecule has 10 nitrogen and oxygen atoms in total. The maximum atomic E-state index is 14.4. The van der Waals surface area contributed by atoms with Crippen molar-refractivity contribution >= 4 is 86.5 Å². The van der Waals surface area contributed by atoms with Crippen LogP contribution in [0, 0.1) is 0 Å². The van der Waals surface area contributed by atoms with E-state index in [4.69, 9.17) is 37.9 Å². The maximum Gasteiger partial charge on any atom is 0.217 e. The van der Waals surface area contributed by atoms with Crippen molar-refractivity contribution < 1.29 is 47.5 Å². The number of methoxy groups -OCH3 is 8. The zero-order valence-electron chi connectivity index (χ0n) is 28.5. The summed E-state index contributed by atoms with van der Waals surface area (Å²) in [6.07, 6.45) is 3.17. The molecule has 0 amide bonds. The molecule has 5 aromatic carbocycles. The number of ketones is 2. The minimum Gasteiger partial charge on any atom is -0.496 e. The summed E-state index contributed by atoms with van der Waals surface area (Å²) in [5.41, 5.74) is 1.52. The molecule has 0 saturated carbocycles. The van der Waals surface area contributed by atoms with E-state index in [1.165, 1.54) is 28.4 Å². The van der Waals surface area contributed by atoms with Crippen molar-refractivity contribution in [1.29, 1.82) is 0 Å². The summed E-state index contributed by atoms with van der Waals surface area (Å²) < 4.78 is 48.4. The fourth-order valence-corrected chi connectivity index (χ4v) is 8.57. The van der Waals surface area contributed by atoms with Crippen LogP contribution in [-0.2, 0) is 30.5 Å². The van der Waals surface area contributed by atoms with Crippen LogP contribution in [0.1, 0.15) is 31.8 Å². The molecule has 5 aromatic rings. The predicted molar refractivity (Wildman–Crippen MR) is 197 cm³/mol. The summed E-state index contributed by atoms with van der Waals surface area (Å²) in [5.74, 6) is -1.67. The lowest BCUT2D eigenvalue weighted by Crippen LogP contribution is -2.34. The SMILES string of the molecule is COc1cc2c(c3c1ccc1c(OC)c(OC)c4ccc5c(OC)cc6c(c5c4c13)C(=O)C(Br)=CC6(OC)OC)C(=O)C(Br)=CC2(OC)OC. The van der Waals surface area contributed by atoms with Crippen LogP contribution in [0.15, 0.2) is 57.5 Å². The predicted octanol–water partition coefficient (Wildman–Crippen LogP) is 8.18. The van der Waals surface area contributed by atoms with Gasteiger partial charge in [-0.05, 0) is 80.4 Å². The molecule has 7 rings (SSSR count). The van der Waals surface area contributed by atoms with Gasteiger partial charge in [-0.15, -0.1) is 0 Å². The summed E-state index contributed by atoms with van der Waals surface area (Å²) in [6, 6.07) is 11.0. The third-order valence-electron chi connectivity index (χ3n) is 9.81. The van der Waals surface area contributed by atoms with Crippen molar-refractivity contribution in [1.82, 2.24) is 0 Å². The first-order valence-electron chi connectivity index (χ1n) is 15.3. The normalized spacial score (nSPS) is 16.4. The van der Waals surface area contributed by atoms with E-state index in [0.29, 0.717) is 88.3 Å². The Morgan fingerprint density at radius 1 is 0.480 bits per heavy atom. The minimum atomic E-state index is -1.44. The van der Waals surface area contributed by atoms with E-state index in [9.17, 15) is 9.59 Å². The number of Topliss-reactive ketones (excluding diaryl/α,β-unsaturated/α-hetero) is 2. The highest BCUT2D eigenvalue weighted by Gasteiger charge is 2.44. The lowest BCUT2D eigenvalue weighted by molar-refractivity contribution is -0.179. The molecule has 12 heteroatoms. The summed E-state index contributed by atoms with van der Waals surface area (Å²) in [5, 5.41) is 4.76. The van der Waals surface area contributed by atoms with Gasteiger partial charge in [0, 0.05) is 93.8 Å². The molecule has 0 saturated heterocycles. The molecule has 258 valence electrons. The van der Waals surface area contributed by atoms with Gasteiger partial charge in [-0.2, -0.15) is 0 Å². The number of fused-ring (bicyclic) bond motifs is 11. The van der Waals surface area contributed by atoms with Gasteiger partial charge in [0.15, 0.2) is 11.5 Å². The third kappa shape index (κ3) is 4.39. The molecule has 0 N–H and O–H groups in total. The van der Waals surface area contributed by atoms with Crippen molar-refractivity contribution in [3.8, 4) is 23.0 Å². The highest BCUT2D eigenvalue weighted by atomic mass is 79.9. The second kappa shape index (κ2) is 12.3. The molecule has 0 bridgehead atoms. The Hall–Kier alpha value is -4.04. The molecule has 50 heavy (non-hydrogen) atoms. The number of halogens is 2. The molecule has 0 heterocycles. The van der Waals surface area contributed by atoms with E-state index >= 15 is 0 Å². The lowest BCUT2D eigenvalue weighted by atomic mass is 9.80. The van der Waals surface area contributed by atoms with Crippen LogP contribution in [0.4, 0.5) is 0 Å². The molecule has 0 spiro atoms. The molecule has 0 aliphatic heterocycles. The van der Waals surface area contributed by atoms with Gasteiger partial charge in [0.25, 0.3) is 0 Å². The third-order valence-corrected chi connectivity index (χ3v) is 11.0. The van der Waals surface area contributed by atoms with Gasteiger partial charge in [-0.3, -0.25) is 9.59 Å². The fourth-order valence-electron chi connectivity index (χ4n) is 7.57. The Kier molecular flexibility index (Phi) is 8.48. The number of benzene rings is 5. The minimum absolute atomic E-state index is 0.250. The Labute approximate surface area is 304 Å². The fraction of sp³-hybridized carbons (Fsp3) is 0.263. The second-order valence-electron chi connectivity index (χ2n) is 11.7. The molecule has 0 atom stereocenters.